The highest BCUT2D eigenvalue weighted by atomic mass is 19.2. The molecule has 1 unspecified atom stereocenters. The van der Waals surface area contributed by atoms with Crippen LogP contribution in [0.3, 0.4) is 0 Å². The van der Waals surface area contributed by atoms with Gasteiger partial charge < -0.3 is 9.47 Å². The average molecular weight is 256 g/mol. The summed E-state index contributed by atoms with van der Waals surface area (Å²) in [6.07, 6.45) is 2.93. The van der Waals surface area contributed by atoms with Gasteiger partial charge in [0, 0.05) is 13.0 Å². The van der Waals surface area contributed by atoms with Gasteiger partial charge in [0.25, 0.3) is 0 Å². The lowest BCUT2D eigenvalue weighted by Crippen LogP contribution is -2.24. The number of halogens is 2. The van der Waals surface area contributed by atoms with Crippen LogP contribution in [0.2, 0.25) is 0 Å². The first-order valence-corrected chi connectivity index (χ1v) is 6.32. The van der Waals surface area contributed by atoms with Crippen LogP contribution in [0.5, 0.6) is 5.75 Å². The summed E-state index contributed by atoms with van der Waals surface area (Å²) >= 11 is 0. The predicted octanol–water partition coefficient (Wildman–Crippen LogP) is 3.26. The van der Waals surface area contributed by atoms with E-state index in [2.05, 4.69) is 0 Å². The fourth-order valence-electron chi connectivity index (χ4n) is 2.36. The number of aryl methyl sites for hydroxylation is 1. The van der Waals surface area contributed by atoms with E-state index in [4.69, 9.17) is 9.47 Å². The summed E-state index contributed by atoms with van der Waals surface area (Å²) in [5.41, 5.74) is 1.28. The van der Waals surface area contributed by atoms with Crippen LogP contribution in [0.15, 0.2) is 6.07 Å². The third-order valence-electron chi connectivity index (χ3n) is 3.31. The zero-order valence-corrected chi connectivity index (χ0v) is 10.8. The number of fused-ring (bicyclic) bond motifs is 1. The first-order valence-electron chi connectivity index (χ1n) is 6.32. The lowest BCUT2D eigenvalue weighted by molar-refractivity contribution is 0.0437. The maximum Gasteiger partial charge on any atom is 0.200 e. The molecule has 18 heavy (non-hydrogen) atoms. The number of rotatable bonds is 4. The maximum atomic E-state index is 13.9. The second-order valence-electron chi connectivity index (χ2n) is 4.58. The minimum atomic E-state index is -0.896. The van der Waals surface area contributed by atoms with E-state index in [-0.39, 0.29) is 11.9 Å². The molecule has 0 bridgehead atoms. The van der Waals surface area contributed by atoms with Gasteiger partial charge in [-0.3, -0.25) is 0 Å². The lowest BCUT2D eigenvalue weighted by atomic mass is 9.89. The van der Waals surface area contributed by atoms with E-state index in [1.165, 1.54) is 7.11 Å². The van der Waals surface area contributed by atoms with Crippen molar-refractivity contribution in [2.45, 2.75) is 38.7 Å². The van der Waals surface area contributed by atoms with Gasteiger partial charge in [-0.1, -0.05) is 6.92 Å². The van der Waals surface area contributed by atoms with Crippen molar-refractivity contribution >= 4 is 0 Å². The van der Waals surface area contributed by atoms with Crippen molar-refractivity contribution in [3.63, 3.8) is 0 Å². The zero-order valence-electron chi connectivity index (χ0n) is 10.8. The van der Waals surface area contributed by atoms with Gasteiger partial charge in [0.2, 0.25) is 5.82 Å². The molecule has 1 aromatic rings. The van der Waals surface area contributed by atoms with E-state index in [0.29, 0.717) is 25.0 Å². The number of methoxy groups -OCH3 is 1. The molecule has 0 saturated heterocycles. The summed E-state index contributed by atoms with van der Waals surface area (Å²) in [5.74, 6) is -1.69. The van der Waals surface area contributed by atoms with Gasteiger partial charge in [-0.2, -0.15) is 4.39 Å². The number of hydrogen-bond donors (Lipinski definition) is 0. The van der Waals surface area contributed by atoms with Crippen LogP contribution in [0, 0.1) is 11.6 Å². The van der Waals surface area contributed by atoms with Gasteiger partial charge in [-0.05, 0) is 36.5 Å². The third kappa shape index (κ3) is 2.48. The normalized spacial score (nSPS) is 18.6. The van der Waals surface area contributed by atoms with E-state index < -0.39 is 11.6 Å². The van der Waals surface area contributed by atoms with Gasteiger partial charge in [-0.15, -0.1) is 0 Å². The SMILES string of the molecule is CCCOC1CCc2cc(OC)c(F)c(F)c2C1. The Hall–Kier alpha value is -1.16. The second-order valence-corrected chi connectivity index (χ2v) is 4.58. The molecule has 0 N–H and O–H groups in total. The Kier molecular flexibility index (Phi) is 4.17. The van der Waals surface area contributed by atoms with Crippen LogP contribution in [0.25, 0.3) is 0 Å². The quantitative estimate of drug-likeness (QED) is 0.823. The highest BCUT2D eigenvalue weighted by Crippen LogP contribution is 2.32. The summed E-state index contributed by atoms with van der Waals surface area (Å²) < 4.78 is 38.0. The third-order valence-corrected chi connectivity index (χ3v) is 3.31. The molecule has 0 aliphatic heterocycles. The molecule has 0 aromatic heterocycles. The Morgan fingerprint density at radius 2 is 2.11 bits per heavy atom. The van der Waals surface area contributed by atoms with Crippen LogP contribution >= 0.6 is 0 Å². The van der Waals surface area contributed by atoms with Gasteiger partial charge in [0.15, 0.2) is 11.6 Å². The predicted molar refractivity (Wildman–Crippen MR) is 65.0 cm³/mol. The zero-order chi connectivity index (χ0) is 13.1. The van der Waals surface area contributed by atoms with Gasteiger partial charge in [0.1, 0.15) is 0 Å². The summed E-state index contributed by atoms with van der Waals surface area (Å²) in [6, 6.07) is 1.60. The smallest absolute Gasteiger partial charge is 0.200 e. The molecule has 2 nitrogen and oxygen atoms in total. The van der Waals surface area contributed by atoms with Crippen LogP contribution in [0.4, 0.5) is 8.78 Å². The number of hydrogen-bond acceptors (Lipinski definition) is 2. The molecule has 0 spiro atoms. The standard InChI is InChI=1S/C14H18F2O2/c1-3-6-18-10-5-4-9-7-12(17-2)14(16)13(15)11(9)8-10/h7,10H,3-6,8H2,1-2H3. The Balaban J connectivity index is 2.24. The first-order chi connectivity index (χ1) is 8.67. The number of ether oxygens (including phenoxy) is 2. The Morgan fingerprint density at radius 1 is 1.33 bits per heavy atom. The van der Waals surface area contributed by atoms with E-state index in [9.17, 15) is 8.78 Å². The molecular formula is C14H18F2O2. The molecule has 0 radical (unpaired) electrons. The minimum Gasteiger partial charge on any atom is -0.494 e. The van der Waals surface area contributed by atoms with Crippen molar-refractivity contribution in [2.24, 2.45) is 0 Å². The van der Waals surface area contributed by atoms with E-state index in [1.54, 1.807) is 6.07 Å². The maximum absolute atomic E-state index is 13.9. The molecule has 1 aliphatic carbocycles. The summed E-state index contributed by atoms with van der Waals surface area (Å²) in [4.78, 5) is 0. The monoisotopic (exact) mass is 256 g/mol. The minimum absolute atomic E-state index is 0.000236. The second kappa shape index (κ2) is 5.65. The van der Waals surface area contributed by atoms with Crippen molar-refractivity contribution in [3.05, 3.63) is 28.8 Å². The number of benzene rings is 1. The molecule has 0 saturated carbocycles. The molecule has 0 heterocycles. The van der Waals surface area contributed by atoms with Gasteiger partial charge in [-0.25, -0.2) is 4.39 Å². The molecule has 4 heteroatoms. The summed E-state index contributed by atoms with van der Waals surface area (Å²) in [6.45, 7) is 2.70. The topological polar surface area (TPSA) is 18.5 Å². The molecule has 0 fully saturated rings. The Morgan fingerprint density at radius 3 is 2.78 bits per heavy atom. The fraction of sp³-hybridized carbons (Fsp3) is 0.571. The van der Waals surface area contributed by atoms with E-state index in [0.717, 1.165) is 18.4 Å². The molecule has 2 rings (SSSR count). The van der Waals surface area contributed by atoms with Gasteiger partial charge in [0.05, 0.1) is 13.2 Å². The van der Waals surface area contributed by atoms with Crippen LogP contribution < -0.4 is 4.74 Å². The van der Waals surface area contributed by atoms with Crippen molar-refractivity contribution in [1.82, 2.24) is 0 Å². The van der Waals surface area contributed by atoms with Crippen molar-refractivity contribution in [3.8, 4) is 5.75 Å². The lowest BCUT2D eigenvalue weighted by Gasteiger charge is -2.25. The molecular weight excluding hydrogens is 238 g/mol. The van der Waals surface area contributed by atoms with Crippen molar-refractivity contribution in [2.75, 3.05) is 13.7 Å². The highest BCUT2D eigenvalue weighted by Gasteiger charge is 2.26. The largest absolute Gasteiger partial charge is 0.494 e. The van der Waals surface area contributed by atoms with E-state index >= 15 is 0 Å². The van der Waals surface area contributed by atoms with Crippen LogP contribution in [0.1, 0.15) is 30.9 Å². The molecule has 1 atom stereocenters. The molecule has 100 valence electrons. The summed E-state index contributed by atoms with van der Waals surface area (Å²) in [5, 5.41) is 0. The molecule has 1 aliphatic rings. The highest BCUT2D eigenvalue weighted by molar-refractivity contribution is 5.40. The fourth-order valence-corrected chi connectivity index (χ4v) is 2.36. The molecule has 0 amide bonds. The first kappa shape index (κ1) is 13.3. The van der Waals surface area contributed by atoms with Crippen molar-refractivity contribution in [1.29, 1.82) is 0 Å². The van der Waals surface area contributed by atoms with Crippen LogP contribution in [-0.4, -0.2) is 19.8 Å². The Labute approximate surface area is 106 Å². The van der Waals surface area contributed by atoms with E-state index in [1.807, 2.05) is 6.92 Å². The summed E-state index contributed by atoms with van der Waals surface area (Å²) in [7, 11) is 1.35. The molecule has 1 aromatic carbocycles. The Bertz CT molecular complexity index is 432. The van der Waals surface area contributed by atoms with Crippen LogP contribution in [-0.2, 0) is 17.6 Å². The van der Waals surface area contributed by atoms with Gasteiger partial charge >= 0.3 is 0 Å². The van der Waals surface area contributed by atoms with Crippen molar-refractivity contribution < 1.29 is 18.3 Å². The average Bonchev–Trinajstić information content (AvgIpc) is 2.40.